The molecule has 0 atom stereocenters. The highest BCUT2D eigenvalue weighted by Crippen LogP contribution is 2.30. The standard InChI is InChI=1S/C22H18I2N2O3/c1-29-20-18(23)12-15(13-19(20)24)14-25-26-21(27)22(28,16-8-4-2-5-9-16)17-10-6-3-7-11-17/h2-14,28H,1H3,(H,26,27)/b25-14+. The van der Waals surface area contributed by atoms with Crippen LogP contribution >= 0.6 is 45.2 Å². The number of halogens is 2. The van der Waals surface area contributed by atoms with E-state index in [2.05, 4.69) is 55.7 Å². The Hall–Kier alpha value is -1.98. The van der Waals surface area contributed by atoms with Crippen LogP contribution in [0.5, 0.6) is 5.75 Å². The van der Waals surface area contributed by atoms with E-state index in [1.54, 1.807) is 55.6 Å². The number of ether oxygens (including phenoxy) is 1. The van der Waals surface area contributed by atoms with Crippen molar-refractivity contribution < 1.29 is 14.6 Å². The Morgan fingerprint density at radius 3 is 1.93 bits per heavy atom. The minimum atomic E-state index is -1.86. The molecule has 1 amide bonds. The molecular weight excluding hydrogens is 594 g/mol. The smallest absolute Gasteiger partial charge is 0.281 e. The van der Waals surface area contributed by atoms with Crippen LogP contribution in [0.2, 0.25) is 0 Å². The first-order chi connectivity index (χ1) is 14.0. The summed E-state index contributed by atoms with van der Waals surface area (Å²) in [5.74, 6) is 0.166. The van der Waals surface area contributed by atoms with Crippen molar-refractivity contribution in [2.45, 2.75) is 5.60 Å². The van der Waals surface area contributed by atoms with Gasteiger partial charge in [-0.25, -0.2) is 5.43 Å². The van der Waals surface area contributed by atoms with Gasteiger partial charge in [-0.05, 0) is 74.0 Å². The van der Waals surface area contributed by atoms with E-state index in [4.69, 9.17) is 4.74 Å². The molecule has 0 heterocycles. The summed E-state index contributed by atoms with van der Waals surface area (Å²) in [6.45, 7) is 0. The molecule has 0 fully saturated rings. The van der Waals surface area contributed by atoms with Gasteiger partial charge in [-0.1, -0.05) is 60.7 Å². The Balaban J connectivity index is 1.88. The lowest BCUT2D eigenvalue weighted by Crippen LogP contribution is -2.43. The van der Waals surface area contributed by atoms with E-state index in [1.807, 2.05) is 24.3 Å². The zero-order chi connectivity index (χ0) is 20.9. The first-order valence-corrected chi connectivity index (χ1v) is 10.8. The highest BCUT2D eigenvalue weighted by Gasteiger charge is 2.39. The summed E-state index contributed by atoms with van der Waals surface area (Å²) in [6.07, 6.45) is 1.54. The summed E-state index contributed by atoms with van der Waals surface area (Å²) in [5, 5.41) is 15.4. The van der Waals surface area contributed by atoms with Crippen LogP contribution in [0.1, 0.15) is 16.7 Å². The Kier molecular flexibility index (Phi) is 7.25. The number of rotatable bonds is 6. The molecule has 5 nitrogen and oxygen atoms in total. The summed E-state index contributed by atoms with van der Waals surface area (Å²) < 4.78 is 7.23. The molecule has 2 N–H and O–H groups in total. The fraction of sp³-hybridized carbons (Fsp3) is 0.0909. The van der Waals surface area contributed by atoms with E-state index >= 15 is 0 Å². The number of methoxy groups -OCH3 is 1. The van der Waals surface area contributed by atoms with Crippen LogP contribution in [-0.2, 0) is 10.4 Å². The molecule has 0 saturated carbocycles. The largest absolute Gasteiger partial charge is 0.495 e. The first-order valence-electron chi connectivity index (χ1n) is 8.66. The van der Waals surface area contributed by atoms with Crippen LogP contribution in [0, 0.1) is 7.14 Å². The molecule has 0 spiro atoms. The van der Waals surface area contributed by atoms with Gasteiger partial charge in [-0.3, -0.25) is 4.79 Å². The third kappa shape index (κ3) is 4.78. The van der Waals surface area contributed by atoms with Crippen LogP contribution in [0.15, 0.2) is 77.9 Å². The molecule has 0 aliphatic rings. The number of carbonyl (C=O) groups is 1. The Bertz CT molecular complexity index is 962. The van der Waals surface area contributed by atoms with Crippen LogP contribution in [0.3, 0.4) is 0 Å². The van der Waals surface area contributed by atoms with Gasteiger partial charge in [0.15, 0.2) is 5.60 Å². The van der Waals surface area contributed by atoms with Crippen LogP contribution in [0.4, 0.5) is 0 Å². The average molecular weight is 612 g/mol. The summed E-state index contributed by atoms with van der Waals surface area (Å²) in [4.78, 5) is 13.0. The zero-order valence-corrected chi connectivity index (χ0v) is 19.8. The third-order valence-corrected chi connectivity index (χ3v) is 5.92. The molecule has 0 saturated heterocycles. The number of nitrogens with zero attached hydrogens (tertiary/aromatic N) is 1. The van der Waals surface area contributed by atoms with Crippen molar-refractivity contribution in [1.29, 1.82) is 0 Å². The molecule has 3 aromatic rings. The predicted molar refractivity (Wildman–Crippen MR) is 130 cm³/mol. The van der Waals surface area contributed by atoms with Crippen molar-refractivity contribution in [2.75, 3.05) is 7.11 Å². The van der Waals surface area contributed by atoms with E-state index in [0.717, 1.165) is 18.5 Å². The van der Waals surface area contributed by atoms with E-state index in [9.17, 15) is 9.90 Å². The molecule has 7 heteroatoms. The van der Waals surface area contributed by atoms with Crippen molar-refractivity contribution in [2.24, 2.45) is 5.10 Å². The van der Waals surface area contributed by atoms with Gasteiger partial charge in [0.25, 0.3) is 5.91 Å². The zero-order valence-electron chi connectivity index (χ0n) is 15.5. The number of aliphatic hydroxyl groups is 1. The van der Waals surface area contributed by atoms with Crippen LogP contribution in [0.25, 0.3) is 0 Å². The van der Waals surface area contributed by atoms with Crippen molar-refractivity contribution in [1.82, 2.24) is 5.43 Å². The molecule has 0 radical (unpaired) electrons. The summed E-state index contributed by atoms with van der Waals surface area (Å²) in [5.41, 5.74) is 2.36. The molecule has 3 aromatic carbocycles. The van der Waals surface area contributed by atoms with Gasteiger partial charge in [-0.15, -0.1) is 0 Å². The Labute approximate surface area is 196 Å². The normalized spacial score (nSPS) is 11.4. The molecule has 0 unspecified atom stereocenters. The van der Waals surface area contributed by atoms with E-state index in [-0.39, 0.29) is 0 Å². The fourth-order valence-corrected chi connectivity index (χ4v) is 5.14. The minimum absolute atomic E-state index is 0.465. The van der Waals surface area contributed by atoms with Gasteiger partial charge >= 0.3 is 0 Å². The van der Waals surface area contributed by atoms with Crippen molar-refractivity contribution in [3.8, 4) is 5.75 Å². The highest BCUT2D eigenvalue weighted by molar-refractivity contribution is 14.1. The SMILES string of the molecule is COc1c(I)cc(/C=N/NC(=O)C(O)(c2ccccc2)c2ccccc2)cc1I. The minimum Gasteiger partial charge on any atom is -0.495 e. The van der Waals surface area contributed by atoms with Gasteiger partial charge in [-0.2, -0.15) is 5.10 Å². The molecule has 29 heavy (non-hydrogen) atoms. The molecule has 148 valence electrons. The number of benzene rings is 3. The second-order valence-electron chi connectivity index (χ2n) is 6.16. The molecule has 0 aliphatic heterocycles. The quantitative estimate of drug-likeness (QED) is 0.248. The lowest BCUT2D eigenvalue weighted by atomic mass is 9.85. The molecule has 3 rings (SSSR count). The maximum Gasteiger partial charge on any atom is 0.281 e. The molecular formula is C22H18I2N2O3. The van der Waals surface area contributed by atoms with E-state index in [0.29, 0.717) is 11.1 Å². The Morgan fingerprint density at radius 1 is 1.00 bits per heavy atom. The second kappa shape index (κ2) is 9.68. The number of amides is 1. The summed E-state index contributed by atoms with van der Waals surface area (Å²) in [6, 6.07) is 21.4. The third-order valence-electron chi connectivity index (χ3n) is 4.32. The van der Waals surface area contributed by atoms with E-state index in [1.165, 1.54) is 6.21 Å². The maximum absolute atomic E-state index is 13.0. The average Bonchev–Trinajstić information content (AvgIpc) is 2.74. The topological polar surface area (TPSA) is 70.9 Å². The monoisotopic (exact) mass is 612 g/mol. The van der Waals surface area contributed by atoms with Gasteiger partial charge in [0.05, 0.1) is 20.5 Å². The predicted octanol–water partition coefficient (Wildman–Crippen LogP) is 4.29. The lowest BCUT2D eigenvalue weighted by molar-refractivity contribution is -0.136. The number of hydrazone groups is 1. The Morgan fingerprint density at radius 2 is 1.48 bits per heavy atom. The fourth-order valence-electron chi connectivity index (χ4n) is 2.88. The lowest BCUT2D eigenvalue weighted by Gasteiger charge is -2.27. The van der Waals surface area contributed by atoms with Gasteiger partial charge in [0.2, 0.25) is 0 Å². The van der Waals surface area contributed by atoms with E-state index < -0.39 is 11.5 Å². The van der Waals surface area contributed by atoms with Crippen molar-refractivity contribution >= 4 is 57.3 Å². The second-order valence-corrected chi connectivity index (χ2v) is 8.48. The van der Waals surface area contributed by atoms with Crippen molar-refractivity contribution in [3.63, 3.8) is 0 Å². The summed E-state index contributed by atoms with van der Waals surface area (Å²) >= 11 is 4.37. The van der Waals surface area contributed by atoms with Gasteiger partial charge in [0.1, 0.15) is 5.75 Å². The highest BCUT2D eigenvalue weighted by atomic mass is 127. The maximum atomic E-state index is 13.0. The molecule has 0 aromatic heterocycles. The molecule has 0 bridgehead atoms. The number of nitrogens with one attached hydrogen (secondary N) is 1. The summed E-state index contributed by atoms with van der Waals surface area (Å²) in [7, 11) is 1.63. The number of carbonyl (C=O) groups excluding carboxylic acids is 1. The van der Waals surface area contributed by atoms with Crippen molar-refractivity contribution in [3.05, 3.63) is 96.6 Å². The van der Waals surface area contributed by atoms with Gasteiger partial charge < -0.3 is 9.84 Å². The van der Waals surface area contributed by atoms with Crippen LogP contribution < -0.4 is 10.2 Å². The number of hydrogen-bond acceptors (Lipinski definition) is 4. The molecule has 0 aliphatic carbocycles. The number of hydrogen-bond donors (Lipinski definition) is 2. The van der Waals surface area contributed by atoms with Gasteiger partial charge in [0, 0.05) is 0 Å². The van der Waals surface area contributed by atoms with Crippen LogP contribution in [-0.4, -0.2) is 24.3 Å². The first kappa shape index (κ1) is 21.7.